The van der Waals surface area contributed by atoms with Crippen molar-refractivity contribution >= 4 is 34.0 Å². The zero-order valence-electron chi connectivity index (χ0n) is 22.6. The monoisotopic (exact) mass is 546 g/mol. The van der Waals surface area contributed by atoms with Crippen molar-refractivity contribution in [1.82, 2.24) is 24.3 Å². The highest BCUT2D eigenvalue weighted by molar-refractivity contribution is 6.30. The lowest BCUT2D eigenvalue weighted by atomic mass is 10.1. The second-order valence-corrected chi connectivity index (χ2v) is 9.97. The molecule has 0 radical (unpaired) electrons. The van der Waals surface area contributed by atoms with Gasteiger partial charge in [-0.1, -0.05) is 23.7 Å². The predicted molar refractivity (Wildman–Crippen MR) is 151 cm³/mol. The van der Waals surface area contributed by atoms with Crippen molar-refractivity contribution in [3.63, 3.8) is 0 Å². The molecule has 10 heteroatoms. The summed E-state index contributed by atoms with van der Waals surface area (Å²) in [7, 11) is 1.42. The Hall–Kier alpha value is -4.24. The standard InChI is InChI=1S/C29H28ClFN6O2/c1-15-7-9-21(37-18(4)26-16(2)34-35-17(3)27(26)19(37)5)12-24(15)32-29-33-28(38)25(39-6)14-36(29)13-20-8-10-23(31)22(30)11-20/h7-12,14H,13H2,1-6H3,(H,32,33,38). The molecule has 0 amide bonds. The third-order valence-corrected chi connectivity index (χ3v) is 7.25. The molecule has 200 valence electrons. The second kappa shape index (κ2) is 10.1. The van der Waals surface area contributed by atoms with E-state index in [4.69, 9.17) is 16.3 Å². The summed E-state index contributed by atoms with van der Waals surface area (Å²) in [5, 5.41) is 14.2. The summed E-state index contributed by atoms with van der Waals surface area (Å²) in [6.07, 6.45) is 1.58. The first-order valence-corrected chi connectivity index (χ1v) is 12.8. The first kappa shape index (κ1) is 26.4. The van der Waals surface area contributed by atoms with Gasteiger partial charge in [0.15, 0.2) is 0 Å². The molecule has 0 unspecified atom stereocenters. The van der Waals surface area contributed by atoms with Crippen LogP contribution >= 0.6 is 11.6 Å². The fourth-order valence-corrected chi connectivity index (χ4v) is 5.24. The average Bonchev–Trinajstić information content (AvgIpc) is 3.17. The van der Waals surface area contributed by atoms with Crippen LogP contribution in [0.15, 0.2) is 47.4 Å². The molecule has 0 aliphatic heterocycles. The van der Waals surface area contributed by atoms with Gasteiger partial charge in [0.2, 0.25) is 11.7 Å². The Morgan fingerprint density at radius 3 is 2.26 bits per heavy atom. The summed E-state index contributed by atoms with van der Waals surface area (Å²) in [6.45, 7) is 10.4. The molecule has 0 atom stereocenters. The van der Waals surface area contributed by atoms with Gasteiger partial charge in [0.1, 0.15) is 5.82 Å². The molecule has 5 rings (SSSR count). The third-order valence-electron chi connectivity index (χ3n) is 6.96. The maximum atomic E-state index is 13.7. The molecule has 2 aromatic carbocycles. The van der Waals surface area contributed by atoms with Crippen LogP contribution < -0.4 is 15.6 Å². The highest BCUT2D eigenvalue weighted by atomic mass is 35.5. The second-order valence-electron chi connectivity index (χ2n) is 9.57. The normalized spacial score (nSPS) is 11.3. The molecule has 0 spiro atoms. The molecule has 8 nitrogen and oxygen atoms in total. The SMILES string of the molecule is COc1cn(Cc2ccc(F)c(Cl)c2)c(Nc2cc(-n3c(C)c4c(C)nnc(C)c4c3C)ccc2C)nc1=O. The molecule has 0 aliphatic rings. The van der Waals surface area contributed by atoms with Gasteiger partial charge in [-0.2, -0.15) is 15.2 Å². The molecule has 0 fully saturated rings. The van der Waals surface area contributed by atoms with E-state index in [1.54, 1.807) is 22.9 Å². The lowest BCUT2D eigenvalue weighted by Crippen LogP contribution is -2.19. The number of nitrogens with zero attached hydrogens (tertiary/aromatic N) is 5. The fourth-order valence-electron chi connectivity index (χ4n) is 5.03. The largest absolute Gasteiger partial charge is 0.490 e. The lowest BCUT2D eigenvalue weighted by Gasteiger charge is -2.18. The van der Waals surface area contributed by atoms with Crippen LogP contribution in [0.2, 0.25) is 5.02 Å². The summed E-state index contributed by atoms with van der Waals surface area (Å²) in [6, 6.07) is 10.6. The Morgan fingerprint density at radius 2 is 1.64 bits per heavy atom. The van der Waals surface area contributed by atoms with Crippen LogP contribution in [0.3, 0.4) is 0 Å². The number of benzene rings is 2. The number of hydrogen-bond acceptors (Lipinski definition) is 6. The molecule has 3 aromatic heterocycles. The van der Waals surface area contributed by atoms with Crippen LogP contribution in [0.5, 0.6) is 5.75 Å². The summed E-state index contributed by atoms with van der Waals surface area (Å²) >= 11 is 6.00. The number of fused-ring (bicyclic) bond motifs is 1. The van der Waals surface area contributed by atoms with Gasteiger partial charge in [0.05, 0.1) is 36.3 Å². The summed E-state index contributed by atoms with van der Waals surface area (Å²) in [4.78, 5) is 16.9. The number of ether oxygens (including phenoxy) is 1. The van der Waals surface area contributed by atoms with Crippen LogP contribution in [0, 0.1) is 40.4 Å². The van der Waals surface area contributed by atoms with Gasteiger partial charge in [-0.05, 0) is 70.0 Å². The molecule has 1 N–H and O–H groups in total. The van der Waals surface area contributed by atoms with Crippen LogP contribution in [-0.4, -0.2) is 31.4 Å². The van der Waals surface area contributed by atoms with Crippen molar-refractivity contribution in [3.8, 4) is 11.4 Å². The van der Waals surface area contributed by atoms with Gasteiger partial charge in [-0.3, -0.25) is 4.79 Å². The molecule has 0 aliphatic carbocycles. The molecular weight excluding hydrogens is 519 g/mol. The van der Waals surface area contributed by atoms with E-state index < -0.39 is 11.4 Å². The smallest absolute Gasteiger partial charge is 0.316 e. The van der Waals surface area contributed by atoms with Crippen LogP contribution in [0.25, 0.3) is 16.5 Å². The van der Waals surface area contributed by atoms with E-state index >= 15 is 0 Å². The topological polar surface area (TPSA) is 86.9 Å². The zero-order chi connectivity index (χ0) is 28.0. The lowest BCUT2D eigenvalue weighted by molar-refractivity contribution is 0.402. The van der Waals surface area contributed by atoms with Gasteiger partial charge >= 0.3 is 5.56 Å². The van der Waals surface area contributed by atoms with Crippen molar-refractivity contribution in [1.29, 1.82) is 0 Å². The number of methoxy groups -OCH3 is 1. The highest BCUT2D eigenvalue weighted by Crippen LogP contribution is 2.33. The Morgan fingerprint density at radius 1 is 0.974 bits per heavy atom. The van der Waals surface area contributed by atoms with Crippen molar-refractivity contribution in [2.45, 2.75) is 41.2 Å². The van der Waals surface area contributed by atoms with E-state index in [0.29, 0.717) is 5.95 Å². The molecule has 0 saturated carbocycles. The summed E-state index contributed by atoms with van der Waals surface area (Å²) < 4.78 is 22.9. The quantitative estimate of drug-likeness (QED) is 0.276. The number of anilines is 2. The van der Waals surface area contributed by atoms with Crippen LogP contribution in [0.4, 0.5) is 16.0 Å². The number of aryl methyl sites for hydroxylation is 5. The Bertz CT molecular complexity index is 1770. The highest BCUT2D eigenvalue weighted by Gasteiger charge is 2.19. The van der Waals surface area contributed by atoms with Gasteiger partial charge in [0.25, 0.3) is 0 Å². The first-order chi connectivity index (χ1) is 18.6. The minimum absolute atomic E-state index is 0.0206. The van der Waals surface area contributed by atoms with E-state index in [9.17, 15) is 9.18 Å². The minimum Gasteiger partial charge on any atom is -0.490 e. The van der Waals surface area contributed by atoms with Gasteiger partial charge < -0.3 is 19.2 Å². The summed E-state index contributed by atoms with van der Waals surface area (Å²) in [5.41, 5.74) is 6.82. The van der Waals surface area contributed by atoms with E-state index in [-0.39, 0.29) is 17.3 Å². The van der Waals surface area contributed by atoms with E-state index in [2.05, 4.69) is 45.0 Å². The average molecular weight is 547 g/mol. The molecular formula is C29H28ClFN6O2. The summed E-state index contributed by atoms with van der Waals surface area (Å²) in [5.74, 6) is -0.0906. The Kier molecular flexibility index (Phi) is 6.86. The number of aromatic nitrogens is 5. The number of hydrogen-bond donors (Lipinski definition) is 1. The van der Waals surface area contributed by atoms with E-state index in [1.165, 1.54) is 13.2 Å². The van der Waals surface area contributed by atoms with Crippen molar-refractivity contribution < 1.29 is 9.13 Å². The van der Waals surface area contributed by atoms with Crippen molar-refractivity contribution in [2.75, 3.05) is 12.4 Å². The number of nitrogens with one attached hydrogen (secondary N) is 1. The zero-order valence-corrected chi connectivity index (χ0v) is 23.3. The third kappa shape index (κ3) is 4.74. The molecule has 5 aromatic rings. The Labute approximate surface area is 230 Å². The molecule has 39 heavy (non-hydrogen) atoms. The number of rotatable bonds is 6. The molecule has 0 saturated heterocycles. The Balaban J connectivity index is 1.60. The number of halogens is 2. The molecule has 0 bridgehead atoms. The maximum absolute atomic E-state index is 13.7. The van der Waals surface area contributed by atoms with Crippen LogP contribution in [0.1, 0.15) is 33.9 Å². The maximum Gasteiger partial charge on any atom is 0.316 e. The van der Waals surface area contributed by atoms with E-state index in [1.807, 2.05) is 32.9 Å². The van der Waals surface area contributed by atoms with Gasteiger partial charge in [-0.15, -0.1) is 0 Å². The van der Waals surface area contributed by atoms with E-state index in [0.717, 1.165) is 56.0 Å². The van der Waals surface area contributed by atoms with Crippen molar-refractivity contribution in [2.24, 2.45) is 0 Å². The van der Waals surface area contributed by atoms with Crippen molar-refractivity contribution in [3.05, 3.63) is 97.7 Å². The fraction of sp³-hybridized carbons (Fsp3) is 0.241. The minimum atomic E-state index is -0.503. The molecule has 3 heterocycles. The van der Waals surface area contributed by atoms with Gasteiger partial charge in [-0.25, -0.2) is 4.39 Å². The van der Waals surface area contributed by atoms with Gasteiger partial charge in [0, 0.05) is 33.5 Å². The first-order valence-electron chi connectivity index (χ1n) is 12.4. The van der Waals surface area contributed by atoms with Crippen LogP contribution in [-0.2, 0) is 6.54 Å². The predicted octanol–water partition coefficient (Wildman–Crippen LogP) is 6.11.